The van der Waals surface area contributed by atoms with E-state index in [0.717, 1.165) is 25.7 Å². The maximum absolute atomic E-state index is 13.3. The number of nitrogens with one attached hydrogen (secondary N) is 2. The van der Waals surface area contributed by atoms with E-state index in [9.17, 15) is 15.0 Å². The summed E-state index contributed by atoms with van der Waals surface area (Å²) in [5.41, 5.74) is 3.87. The van der Waals surface area contributed by atoms with Crippen LogP contribution in [0.5, 0.6) is 0 Å². The van der Waals surface area contributed by atoms with Gasteiger partial charge in [0.25, 0.3) is 0 Å². The summed E-state index contributed by atoms with van der Waals surface area (Å²) in [7, 11) is 2.12. The number of carbonyl (C=O) groups excluding carboxylic acids is 1. The lowest BCUT2D eigenvalue weighted by molar-refractivity contribution is -0.129. The summed E-state index contributed by atoms with van der Waals surface area (Å²) in [5, 5.41) is 24.9. The van der Waals surface area contributed by atoms with Gasteiger partial charge in [0.05, 0.1) is 24.7 Å². The number of likely N-dealkylation sites (tertiary alicyclic amines) is 1. The van der Waals surface area contributed by atoms with Crippen LogP contribution in [0.15, 0.2) is 36.5 Å². The molecule has 2 aliphatic rings. The van der Waals surface area contributed by atoms with E-state index in [1.807, 2.05) is 6.08 Å². The zero-order valence-corrected chi connectivity index (χ0v) is 24.9. The van der Waals surface area contributed by atoms with Crippen LogP contribution in [0.4, 0.5) is 0 Å². The molecule has 1 unspecified atom stereocenters. The minimum Gasteiger partial charge on any atom is -0.394 e. The number of hydrogen-bond donors (Lipinski definition) is 4. The van der Waals surface area contributed by atoms with Gasteiger partial charge in [-0.3, -0.25) is 4.79 Å². The van der Waals surface area contributed by atoms with Crippen molar-refractivity contribution in [1.29, 1.82) is 0 Å². The fraction of sp³-hybridized carbons (Fsp3) is 0.676. The molecule has 1 saturated heterocycles. The number of benzene rings is 1. The maximum atomic E-state index is 13.3. The van der Waals surface area contributed by atoms with Crippen molar-refractivity contribution >= 4 is 16.8 Å². The second kappa shape index (κ2) is 15.7. The molecule has 1 aromatic carbocycles. The van der Waals surface area contributed by atoms with E-state index in [-0.39, 0.29) is 18.4 Å². The summed E-state index contributed by atoms with van der Waals surface area (Å²) in [6.45, 7) is 2.67. The Morgan fingerprint density at radius 2 is 1.80 bits per heavy atom. The number of hydrogen-bond acceptors (Lipinski definition) is 4. The van der Waals surface area contributed by atoms with E-state index in [2.05, 4.69) is 53.6 Å². The number of likely N-dealkylation sites (N-methyl/N-ethyl adjacent to an activating group) is 1. The van der Waals surface area contributed by atoms with Crippen molar-refractivity contribution in [3.05, 3.63) is 47.7 Å². The van der Waals surface area contributed by atoms with Gasteiger partial charge < -0.3 is 25.4 Å². The molecule has 4 N–H and O–H groups in total. The molecule has 1 amide bonds. The molecule has 40 heavy (non-hydrogen) atoms. The number of fused-ring (bicyclic) bond motifs is 2. The molecule has 1 aromatic heterocycles. The number of amides is 1. The Bertz CT molecular complexity index is 1080. The van der Waals surface area contributed by atoms with Crippen molar-refractivity contribution in [3.8, 4) is 0 Å². The number of piperidine rings is 1. The standard InChI is InChI=1S/C34H53N3O3/c1-3-4-5-6-7-8-9-10-11-12-13-14-15-19-32(39)30(24-38)36-34(40)26-20-28-27-17-16-18-29-33(27)25(22-35-29)21-31(28)37(2)23-26/h15-19,22,26,28,30-32,35,38-39H,3-14,20-21,23-24H2,1-2H3,(H,36,40)/b19-15+/t26-,28?,30-,31+,32+/m1/s1. The van der Waals surface area contributed by atoms with Gasteiger partial charge in [-0.15, -0.1) is 0 Å². The number of allylic oxidation sites excluding steroid dienone is 1. The molecule has 0 spiro atoms. The van der Waals surface area contributed by atoms with Gasteiger partial charge in [0, 0.05) is 35.6 Å². The molecule has 0 saturated carbocycles. The number of aliphatic hydroxyl groups is 2. The summed E-state index contributed by atoms with van der Waals surface area (Å²) < 4.78 is 0. The minimum absolute atomic E-state index is 0.0748. The van der Waals surface area contributed by atoms with Crippen molar-refractivity contribution in [1.82, 2.24) is 15.2 Å². The number of nitrogens with zero attached hydrogens (tertiary/aromatic N) is 1. The largest absolute Gasteiger partial charge is 0.394 e. The lowest BCUT2D eigenvalue weighted by atomic mass is 9.72. The van der Waals surface area contributed by atoms with E-state index in [0.29, 0.717) is 18.5 Å². The quantitative estimate of drug-likeness (QED) is 0.139. The van der Waals surface area contributed by atoms with Crippen molar-refractivity contribution in [2.75, 3.05) is 20.2 Å². The Balaban J connectivity index is 1.18. The highest BCUT2D eigenvalue weighted by Crippen LogP contribution is 2.44. The SMILES string of the molecule is CCCCCCCCCCCCC/C=C/[C@H](O)[C@@H](CO)NC(=O)[C@@H]1CC2c3cccc4[nH]cc(c34)C[C@@H]2N(C)C1. The topological polar surface area (TPSA) is 88.6 Å². The second-order valence-electron chi connectivity index (χ2n) is 12.4. The van der Waals surface area contributed by atoms with Crippen LogP contribution < -0.4 is 5.32 Å². The lowest BCUT2D eigenvalue weighted by Gasteiger charge is -2.45. The van der Waals surface area contributed by atoms with Crippen LogP contribution in [0.25, 0.3) is 10.9 Å². The molecule has 6 heteroatoms. The fourth-order valence-electron chi connectivity index (χ4n) is 6.97. The van der Waals surface area contributed by atoms with Crippen molar-refractivity contribution in [3.63, 3.8) is 0 Å². The first-order valence-electron chi connectivity index (χ1n) is 16.1. The molecule has 2 heterocycles. The Morgan fingerprint density at radius 1 is 1.10 bits per heavy atom. The second-order valence-corrected chi connectivity index (χ2v) is 12.4. The van der Waals surface area contributed by atoms with Gasteiger partial charge in [0.2, 0.25) is 5.91 Å². The molecular formula is C34H53N3O3. The van der Waals surface area contributed by atoms with Crippen LogP contribution >= 0.6 is 0 Å². The number of aliphatic hydroxyl groups excluding tert-OH is 2. The molecule has 222 valence electrons. The van der Waals surface area contributed by atoms with Gasteiger partial charge in [-0.05, 0) is 49.9 Å². The molecule has 6 nitrogen and oxygen atoms in total. The highest BCUT2D eigenvalue weighted by Gasteiger charge is 2.41. The predicted octanol–water partition coefficient (Wildman–Crippen LogP) is 6.22. The molecule has 4 rings (SSSR count). The van der Waals surface area contributed by atoms with Gasteiger partial charge in [-0.25, -0.2) is 0 Å². The number of carbonyl (C=O) groups is 1. The summed E-state index contributed by atoms with van der Waals surface area (Å²) in [5.74, 6) is 0.0439. The summed E-state index contributed by atoms with van der Waals surface area (Å²) in [6.07, 6.45) is 22.2. The first kappa shape index (κ1) is 30.8. The third-order valence-electron chi connectivity index (χ3n) is 9.34. The van der Waals surface area contributed by atoms with Gasteiger partial charge in [0.15, 0.2) is 0 Å². The van der Waals surface area contributed by atoms with Crippen LogP contribution in [-0.2, 0) is 11.2 Å². The molecule has 2 aromatic rings. The van der Waals surface area contributed by atoms with Crippen molar-refractivity contribution in [2.45, 2.75) is 121 Å². The van der Waals surface area contributed by atoms with E-state index in [1.165, 1.54) is 86.2 Å². The van der Waals surface area contributed by atoms with Gasteiger partial charge in [-0.2, -0.15) is 0 Å². The Kier molecular flexibility index (Phi) is 12.1. The average molecular weight is 552 g/mol. The minimum atomic E-state index is -0.887. The highest BCUT2D eigenvalue weighted by molar-refractivity contribution is 5.88. The molecular weight excluding hydrogens is 498 g/mol. The van der Waals surface area contributed by atoms with Crippen molar-refractivity contribution in [2.24, 2.45) is 5.92 Å². The number of aromatic amines is 1. The molecule has 1 aliphatic heterocycles. The maximum Gasteiger partial charge on any atom is 0.224 e. The van der Waals surface area contributed by atoms with Gasteiger partial charge in [-0.1, -0.05) is 95.4 Å². The Labute approximate surface area is 241 Å². The molecule has 0 radical (unpaired) electrons. The third-order valence-corrected chi connectivity index (χ3v) is 9.34. The summed E-state index contributed by atoms with van der Waals surface area (Å²) in [4.78, 5) is 19.1. The normalized spacial score (nSPS) is 22.4. The summed E-state index contributed by atoms with van der Waals surface area (Å²) in [6, 6.07) is 6.14. The molecule has 1 fully saturated rings. The van der Waals surface area contributed by atoms with Gasteiger partial charge >= 0.3 is 0 Å². The van der Waals surface area contributed by atoms with Crippen molar-refractivity contribution < 1.29 is 15.0 Å². The van der Waals surface area contributed by atoms with Crippen LogP contribution in [0, 0.1) is 5.92 Å². The Hall–Kier alpha value is -2.15. The highest BCUT2D eigenvalue weighted by atomic mass is 16.3. The predicted molar refractivity (Wildman–Crippen MR) is 165 cm³/mol. The monoisotopic (exact) mass is 551 g/mol. The van der Waals surface area contributed by atoms with Crippen LogP contribution in [0.3, 0.4) is 0 Å². The zero-order chi connectivity index (χ0) is 28.3. The van der Waals surface area contributed by atoms with E-state index in [4.69, 9.17) is 0 Å². The summed E-state index contributed by atoms with van der Waals surface area (Å²) >= 11 is 0. The zero-order valence-electron chi connectivity index (χ0n) is 24.9. The molecule has 1 aliphatic carbocycles. The number of H-pyrrole nitrogens is 1. The molecule has 5 atom stereocenters. The van der Waals surface area contributed by atoms with Crippen LogP contribution in [0.1, 0.15) is 107 Å². The van der Waals surface area contributed by atoms with Crippen LogP contribution in [0.2, 0.25) is 0 Å². The van der Waals surface area contributed by atoms with E-state index < -0.39 is 12.1 Å². The number of aromatic nitrogens is 1. The van der Waals surface area contributed by atoms with Crippen LogP contribution in [-0.4, -0.2) is 64.4 Å². The first-order chi connectivity index (χ1) is 19.5. The fourth-order valence-corrected chi connectivity index (χ4v) is 6.97. The smallest absolute Gasteiger partial charge is 0.224 e. The number of unbranched alkanes of at least 4 members (excludes halogenated alkanes) is 11. The first-order valence-corrected chi connectivity index (χ1v) is 16.1. The number of rotatable bonds is 17. The van der Waals surface area contributed by atoms with E-state index in [1.54, 1.807) is 6.08 Å². The average Bonchev–Trinajstić information content (AvgIpc) is 3.38. The van der Waals surface area contributed by atoms with E-state index >= 15 is 0 Å². The lowest BCUT2D eigenvalue weighted by Crippen LogP contribution is -2.54. The third kappa shape index (κ3) is 7.98. The van der Waals surface area contributed by atoms with Gasteiger partial charge in [0.1, 0.15) is 0 Å². The Morgan fingerprint density at radius 3 is 2.50 bits per heavy atom. The molecule has 0 bridgehead atoms.